The third-order valence-electron chi connectivity index (χ3n) is 10.9. The number of aromatic nitrogens is 3. The average Bonchev–Trinajstić information content (AvgIpc) is 3.63. The SMILES string of the molecule is C/C=C\c1oc2c(-c3nc(-c4ccccc4)nc(-c4ccc(-c5c6ccccc6c(-c6cccc7ccccc67)c6ccccc56)cc4)n3)cccc2c1CC. The van der Waals surface area contributed by atoms with Crippen LogP contribution < -0.4 is 0 Å². The number of para-hydroxylation sites is 1. The summed E-state index contributed by atoms with van der Waals surface area (Å²) < 4.78 is 6.51. The molecule has 0 saturated heterocycles. The first kappa shape index (κ1) is 33.4. The summed E-state index contributed by atoms with van der Waals surface area (Å²) in [4.78, 5) is 15.2. The molecule has 0 atom stereocenters. The zero-order valence-electron chi connectivity index (χ0n) is 31.2. The molecule has 0 amide bonds. The van der Waals surface area contributed by atoms with Crippen LogP contribution in [0.3, 0.4) is 0 Å². The number of allylic oxidation sites excluding steroid dienone is 1. The van der Waals surface area contributed by atoms with Gasteiger partial charge in [-0.15, -0.1) is 0 Å². The van der Waals surface area contributed by atoms with Gasteiger partial charge in [-0.3, -0.25) is 0 Å². The molecule has 2 aromatic heterocycles. The standard InChI is InChI=1S/C52H37N3O/c1-3-16-46-37(4-2)44-27-15-28-45(49(44)56-46)52-54-50(35-18-6-5-7-19-35)53-51(55-52)36-31-29-34(30-32-36)47-40-22-10-12-24-42(40)48(43-25-13-11-23-41(43)47)39-26-14-20-33-17-8-9-21-38(33)39/h3,5-32H,4H2,1-2H3/b16-3-. The maximum atomic E-state index is 6.51. The lowest BCUT2D eigenvalue weighted by Crippen LogP contribution is -2.00. The van der Waals surface area contributed by atoms with Gasteiger partial charge >= 0.3 is 0 Å². The Morgan fingerprint density at radius 2 is 0.946 bits per heavy atom. The van der Waals surface area contributed by atoms with E-state index < -0.39 is 0 Å². The molecule has 0 aliphatic rings. The van der Waals surface area contributed by atoms with Gasteiger partial charge in [-0.2, -0.15) is 0 Å². The summed E-state index contributed by atoms with van der Waals surface area (Å²) >= 11 is 0. The Morgan fingerprint density at radius 1 is 0.446 bits per heavy atom. The van der Waals surface area contributed by atoms with Gasteiger partial charge in [-0.1, -0.05) is 171 Å². The van der Waals surface area contributed by atoms with Gasteiger partial charge in [0.2, 0.25) is 0 Å². The molecule has 4 heteroatoms. The second-order valence-corrected chi connectivity index (χ2v) is 14.1. The zero-order chi connectivity index (χ0) is 37.6. The Morgan fingerprint density at radius 3 is 1.61 bits per heavy atom. The molecule has 0 bridgehead atoms. The van der Waals surface area contributed by atoms with Crippen LogP contribution in [0.1, 0.15) is 25.2 Å². The van der Waals surface area contributed by atoms with Gasteiger partial charge < -0.3 is 4.42 Å². The van der Waals surface area contributed by atoms with Gasteiger partial charge in [0, 0.05) is 22.1 Å². The van der Waals surface area contributed by atoms with E-state index in [9.17, 15) is 0 Å². The Bertz CT molecular complexity index is 3060. The largest absolute Gasteiger partial charge is 0.456 e. The highest BCUT2D eigenvalue weighted by atomic mass is 16.3. The Labute approximate surface area is 325 Å². The van der Waals surface area contributed by atoms with Crippen molar-refractivity contribution in [3.05, 3.63) is 181 Å². The van der Waals surface area contributed by atoms with Crippen molar-refractivity contribution >= 4 is 49.4 Å². The van der Waals surface area contributed by atoms with Gasteiger partial charge in [-0.25, -0.2) is 15.0 Å². The number of hydrogen-bond donors (Lipinski definition) is 0. The lowest BCUT2D eigenvalue weighted by atomic mass is 9.84. The van der Waals surface area contributed by atoms with Crippen LogP contribution >= 0.6 is 0 Å². The summed E-state index contributed by atoms with van der Waals surface area (Å²) in [5.41, 5.74) is 9.48. The molecule has 0 saturated carbocycles. The van der Waals surface area contributed by atoms with Crippen molar-refractivity contribution in [2.75, 3.05) is 0 Å². The highest BCUT2D eigenvalue weighted by molar-refractivity contribution is 6.23. The van der Waals surface area contributed by atoms with Gasteiger partial charge in [0.1, 0.15) is 11.3 Å². The molecular weight excluding hydrogens is 683 g/mol. The van der Waals surface area contributed by atoms with Crippen LogP contribution in [0.2, 0.25) is 0 Å². The summed E-state index contributed by atoms with van der Waals surface area (Å²) in [6.45, 7) is 4.17. The van der Waals surface area contributed by atoms with Crippen LogP contribution in [0.25, 0.3) is 106 Å². The molecule has 0 radical (unpaired) electrons. The molecule has 4 nitrogen and oxygen atoms in total. The highest BCUT2D eigenvalue weighted by Gasteiger charge is 2.21. The summed E-state index contributed by atoms with van der Waals surface area (Å²) in [7, 11) is 0. The minimum absolute atomic E-state index is 0.577. The van der Waals surface area contributed by atoms with Gasteiger partial charge in [-0.05, 0) is 80.1 Å². The van der Waals surface area contributed by atoms with Gasteiger partial charge in [0.15, 0.2) is 17.5 Å². The number of rotatable bonds is 7. The van der Waals surface area contributed by atoms with E-state index in [4.69, 9.17) is 19.4 Å². The van der Waals surface area contributed by atoms with E-state index >= 15 is 0 Å². The second-order valence-electron chi connectivity index (χ2n) is 14.1. The number of benzene rings is 8. The zero-order valence-corrected chi connectivity index (χ0v) is 31.2. The summed E-state index contributed by atoms with van der Waals surface area (Å²) in [6.07, 6.45) is 4.90. The van der Waals surface area contributed by atoms with Crippen LogP contribution in [-0.4, -0.2) is 15.0 Å². The van der Waals surface area contributed by atoms with Gasteiger partial charge in [0.05, 0.1) is 5.56 Å². The number of nitrogens with zero attached hydrogens (tertiary/aromatic N) is 3. The minimum atomic E-state index is 0.577. The molecule has 0 aliphatic carbocycles. The Hall–Kier alpha value is -7.17. The van der Waals surface area contributed by atoms with Crippen molar-refractivity contribution in [1.82, 2.24) is 15.0 Å². The summed E-state index contributed by atoms with van der Waals surface area (Å²) in [5, 5.41) is 8.45. The summed E-state index contributed by atoms with van der Waals surface area (Å²) in [6, 6.07) is 57.9. The Kier molecular flexibility index (Phi) is 8.30. The molecule has 56 heavy (non-hydrogen) atoms. The number of hydrogen-bond acceptors (Lipinski definition) is 4. The fourth-order valence-corrected chi connectivity index (χ4v) is 8.32. The fraction of sp³-hybridized carbons (Fsp3) is 0.0577. The van der Waals surface area contributed by atoms with Crippen molar-refractivity contribution < 1.29 is 4.42 Å². The second kappa shape index (κ2) is 13.9. The normalized spacial score (nSPS) is 11.8. The van der Waals surface area contributed by atoms with Crippen LogP contribution in [0.5, 0.6) is 0 Å². The topological polar surface area (TPSA) is 51.8 Å². The molecule has 0 N–H and O–H groups in total. The van der Waals surface area contributed by atoms with Crippen LogP contribution in [0.15, 0.2) is 174 Å². The molecule has 2 heterocycles. The highest BCUT2D eigenvalue weighted by Crippen LogP contribution is 2.45. The first-order chi connectivity index (χ1) is 27.7. The molecular formula is C52H37N3O. The van der Waals surface area contributed by atoms with Crippen molar-refractivity contribution in [2.24, 2.45) is 0 Å². The molecule has 0 spiro atoms. The quantitative estimate of drug-likeness (QED) is 0.154. The van der Waals surface area contributed by atoms with Gasteiger partial charge in [0.25, 0.3) is 0 Å². The molecule has 0 fully saturated rings. The molecule has 0 aliphatic heterocycles. The van der Waals surface area contributed by atoms with E-state index in [0.29, 0.717) is 17.5 Å². The monoisotopic (exact) mass is 719 g/mol. The van der Waals surface area contributed by atoms with Crippen molar-refractivity contribution in [1.29, 1.82) is 0 Å². The number of fused-ring (bicyclic) bond motifs is 4. The van der Waals surface area contributed by atoms with E-state index in [2.05, 4.69) is 134 Å². The predicted molar refractivity (Wildman–Crippen MR) is 233 cm³/mol. The van der Waals surface area contributed by atoms with Crippen molar-refractivity contribution in [2.45, 2.75) is 20.3 Å². The smallest absolute Gasteiger partial charge is 0.167 e. The molecule has 266 valence electrons. The predicted octanol–water partition coefficient (Wildman–Crippen LogP) is 14.0. The van der Waals surface area contributed by atoms with Crippen LogP contribution in [-0.2, 0) is 6.42 Å². The lowest BCUT2D eigenvalue weighted by molar-refractivity contribution is 0.599. The molecule has 0 unspecified atom stereocenters. The first-order valence-electron chi connectivity index (χ1n) is 19.2. The minimum Gasteiger partial charge on any atom is -0.456 e. The van der Waals surface area contributed by atoms with E-state index in [0.717, 1.165) is 45.4 Å². The lowest BCUT2D eigenvalue weighted by Gasteiger charge is -2.19. The molecule has 10 aromatic rings. The third kappa shape index (κ3) is 5.57. The van der Waals surface area contributed by atoms with Crippen LogP contribution in [0, 0.1) is 0 Å². The van der Waals surface area contributed by atoms with E-state index in [-0.39, 0.29) is 0 Å². The maximum absolute atomic E-state index is 6.51. The van der Waals surface area contributed by atoms with Crippen LogP contribution in [0.4, 0.5) is 0 Å². The third-order valence-corrected chi connectivity index (χ3v) is 10.9. The fourth-order valence-electron chi connectivity index (χ4n) is 8.32. The molecule has 8 aromatic carbocycles. The van der Waals surface area contributed by atoms with E-state index in [1.807, 2.05) is 55.5 Å². The Balaban J connectivity index is 1.14. The van der Waals surface area contributed by atoms with E-state index in [1.165, 1.54) is 54.6 Å². The average molecular weight is 720 g/mol. The first-order valence-corrected chi connectivity index (χ1v) is 19.2. The molecule has 10 rings (SSSR count). The number of aryl methyl sites for hydroxylation is 1. The summed E-state index contributed by atoms with van der Waals surface area (Å²) in [5.74, 6) is 2.67. The van der Waals surface area contributed by atoms with Crippen molar-refractivity contribution in [3.63, 3.8) is 0 Å². The van der Waals surface area contributed by atoms with E-state index in [1.54, 1.807) is 0 Å². The maximum Gasteiger partial charge on any atom is 0.167 e. The number of furan rings is 1. The van der Waals surface area contributed by atoms with Crippen molar-refractivity contribution in [3.8, 4) is 56.4 Å².